The van der Waals surface area contributed by atoms with Gasteiger partial charge in [-0.05, 0) is 25.0 Å². The molecule has 0 aliphatic carbocycles. The van der Waals surface area contributed by atoms with Crippen molar-refractivity contribution in [3.8, 4) is 11.5 Å². The lowest BCUT2D eigenvalue weighted by Crippen LogP contribution is -2.38. The molecule has 162 valence electrons. The Morgan fingerprint density at radius 1 is 0.667 bits per heavy atom. The zero-order chi connectivity index (χ0) is 22.7. The standard InChI is InChI=1S/C24H36N2O2Si2/c1-17-11-21(29(3,4)5)13-19(23(17)27)15-25-9-10-26-16-20-14-22(30(6,7)8)12-18(2)24(20)28/h11-16,27-28H,9-10H2,1-8H3. The molecule has 0 aliphatic rings. The molecule has 2 aromatic carbocycles. The fourth-order valence-electron chi connectivity index (χ4n) is 3.12. The maximum absolute atomic E-state index is 10.4. The summed E-state index contributed by atoms with van der Waals surface area (Å²) in [5, 5.41) is 23.3. The highest BCUT2D eigenvalue weighted by atomic mass is 28.3. The van der Waals surface area contributed by atoms with Crippen molar-refractivity contribution >= 4 is 39.0 Å². The first-order chi connectivity index (χ1) is 13.8. The molecule has 0 atom stereocenters. The van der Waals surface area contributed by atoms with Crippen molar-refractivity contribution in [2.24, 2.45) is 9.98 Å². The van der Waals surface area contributed by atoms with Gasteiger partial charge in [-0.3, -0.25) is 9.98 Å². The van der Waals surface area contributed by atoms with Gasteiger partial charge < -0.3 is 10.2 Å². The van der Waals surface area contributed by atoms with Crippen LogP contribution < -0.4 is 10.4 Å². The molecule has 0 bridgehead atoms. The zero-order valence-electron chi connectivity index (χ0n) is 19.7. The Kier molecular flexibility index (Phi) is 7.47. The molecule has 0 amide bonds. The number of hydrogen-bond donors (Lipinski definition) is 2. The van der Waals surface area contributed by atoms with Gasteiger partial charge in [0.25, 0.3) is 0 Å². The number of rotatable bonds is 7. The van der Waals surface area contributed by atoms with E-state index in [1.807, 2.05) is 13.8 Å². The smallest absolute Gasteiger partial charge is 0.127 e. The predicted octanol–water partition coefficient (Wildman–Crippen LogP) is 4.34. The second kappa shape index (κ2) is 9.31. The average Bonchev–Trinajstić information content (AvgIpc) is 2.62. The van der Waals surface area contributed by atoms with Crippen LogP contribution in [0.4, 0.5) is 0 Å². The minimum absolute atomic E-state index is 0.299. The van der Waals surface area contributed by atoms with Gasteiger partial charge in [0, 0.05) is 23.6 Å². The Morgan fingerprint density at radius 3 is 1.30 bits per heavy atom. The van der Waals surface area contributed by atoms with E-state index in [4.69, 9.17) is 0 Å². The van der Waals surface area contributed by atoms with E-state index in [1.54, 1.807) is 12.4 Å². The van der Waals surface area contributed by atoms with Gasteiger partial charge in [0.05, 0.1) is 29.2 Å². The molecule has 30 heavy (non-hydrogen) atoms. The van der Waals surface area contributed by atoms with Gasteiger partial charge in [-0.25, -0.2) is 0 Å². The van der Waals surface area contributed by atoms with Crippen LogP contribution in [0.5, 0.6) is 11.5 Å². The Hall–Kier alpha value is -2.19. The average molecular weight is 441 g/mol. The molecule has 0 aliphatic heterocycles. The SMILES string of the molecule is Cc1cc([Si](C)(C)C)cc(C=NCCN=Cc2cc([Si](C)(C)C)cc(C)c2O)c1O. The van der Waals surface area contributed by atoms with Crippen molar-refractivity contribution < 1.29 is 10.2 Å². The lowest BCUT2D eigenvalue weighted by atomic mass is 10.1. The maximum Gasteiger partial charge on any atom is 0.127 e. The second-order valence-corrected chi connectivity index (χ2v) is 20.2. The van der Waals surface area contributed by atoms with Gasteiger partial charge in [0.1, 0.15) is 11.5 Å². The predicted molar refractivity (Wildman–Crippen MR) is 137 cm³/mol. The van der Waals surface area contributed by atoms with Crippen LogP contribution in [0.2, 0.25) is 39.3 Å². The van der Waals surface area contributed by atoms with E-state index in [-0.39, 0.29) is 0 Å². The molecule has 2 aromatic rings. The number of phenolic OH excluding ortho intramolecular Hbond substituents is 2. The van der Waals surface area contributed by atoms with E-state index in [1.165, 1.54) is 10.4 Å². The fourth-order valence-corrected chi connectivity index (χ4v) is 5.59. The summed E-state index contributed by atoms with van der Waals surface area (Å²) in [4.78, 5) is 8.91. The van der Waals surface area contributed by atoms with Crippen molar-refractivity contribution in [2.75, 3.05) is 13.1 Å². The molecule has 4 nitrogen and oxygen atoms in total. The summed E-state index contributed by atoms with van der Waals surface area (Å²) in [5.41, 5.74) is 3.32. The minimum atomic E-state index is -1.46. The summed E-state index contributed by atoms with van der Waals surface area (Å²) in [6.07, 6.45) is 3.49. The van der Waals surface area contributed by atoms with Crippen LogP contribution >= 0.6 is 0 Å². The zero-order valence-corrected chi connectivity index (χ0v) is 21.7. The first-order valence-corrected chi connectivity index (χ1v) is 17.5. The third-order valence-corrected chi connectivity index (χ3v) is 9.25. The van der Waals surface area contributed by atoms with Gasteiger partial charge >= 0.3 is 0 Å². The molecule has 0 radical (unpaired) electrons. The van der Waals surface area contributed by atoms with Crippen LogP contribution in [0.25, 0.3) is 0 Å². The third kappa shape index (κ3) is 6.16. The van der Waals surface area contributed by atoms with Crippen LogP contribution in [0.3, 0.4) is 0 Å². The quantitative estimate of drug-likeness (QED) is 0.382. The fraction of sp³-hybridized carbons (Fsp3) is 0.417. The van der Waals surface area contributed by atoms with Crippen molar-refractivity contribution in [1.82, 2.24) is 0 Å². The topological polar surface area (TPSA) is 65.2 Å². The van der Waals surface area contributed by atoms with Crippen molar-refractivity contribution in [2.45, 2.75) is 53.1 Å². The maximum atomic E-state index is 10.4. The summed E-state index contributed by atoms with van der Waals surface area (Å²) in [5.74, 6) is 0.598. The molecule has 0 spiro atoms. The molecule has 0 saturated carbocycles. The van der Waals surface area contributed by atoms with E-state index in [9.17, 15) is 10.2 Å². The summed E-state index contributed by atoms with van der Waals surface area (Å²) in [7, 11) is -2.92. The highest BCUT2D eigenvalue weighted by Gasteiger charge is 2.19. The molecule has 6 heteroatoms. The molecular weight excluding hydrogens is 404 g/mol. The number of hydrogen-bond acceptors (Lipinski definition) is 4. The molecule has 0 aromatic heterocycles. The minimum Gasteiger partial charge on any atom is -0.507 e. The number of benzene rings is 2. The molecule has 0 saturated heterocycles. The first kappa shape index (κ1) is 24.1. The Labute approximate surface area is 183 Å². The van der Waals surface area contributed by atoms with Gasteiger partial charge in [0.15, 0.2) is 0 Å². The lowest BCUT2D eigenvalue weighted by molar-refractivity contribution is 0.470. The van der Waals surface area contributed by atoms with Crippen molar-refractivity contribution in [3.63, 3.8) is 0 Å². The van der Waals surface area contributed by atoms with E-state index < -0.39 is 16.1 Å². The van der Waals surface area contributed by atoms with Crippen LogP contribution in [0, 0.1) is 13.8 Å². The molecule has 0 unspecified atom stereocenters. The molecule has 0 heterocycles. The highest BCUT2D eigenvalue weighted by Crippen LogP contribution is 2.21. The number of aliphatic imine (C=N–C) groups is 2. The Balaban J connectivity index is 2.09. The molecule has 2 N–H and O–H groups in total. The highest BCUT2D eigenvalue weighted by molar-refractivity contribution is 6.89. The number of phenols is 2. The summed E-state index contributed by atoms with van der Waals surface area (Å²) >= 11 is 0. The van der Waals surface area contributed by atoms with Crippen LogP contribution in [-0.2, 0) is 0 Å². The van der Waals surface area contributed by atoms with Gasteiger partial charge in [-0.2, -0.15) is 0 Å². The lowest BCUT2D eigenvalue weighted by Gasteiger charge is -2.19. The van der Waals surface area contributed by atoms with Crippen molar-refractivity contribution in [3.05, 3.63) is 46.5 Å². The number of aryl methyl sites for hydroxylation is 2. The largest absolute Gasteiger partial charge is 0.507 e. The summed E-state index contributed by atoms with van der Waals surface area (Å²) in [6.45, 7) is 18.7. The summed E-state index contributed by atoms with van der Waals surface area (Å²) in [6, 6.07) is 8.30. The van der Waals surface area contributed by atoms with Gasteiger partial charge in [-0.1, -0.05) is 73.9 Å². The second-order valence-electron chi connectivity index (χ2n) is 10.0. The molecule has 0 fully saturated rings. The number of aromatic hydroxyl groups is 2. The monoisotopic (exact) mass is 440 g/mol. The van der Waals surface area contributed by atoms with E-state index in [0.717, 1.165) is 22.3 Å². The van der Waals surface area contributed by atoms with E-state index in [2.05, 4.69) is 73.5 Å². The van der Waals surface area contributed by atoms with Gasteiger partial charge in [-0.15, -0.1) is 0 Å². The first-order valence-electron chi connectivity index (χ1n) is 10.5. The normalized spacial score (nSPS) is 12.9. The van der Waals surface area contributed by atoms with Crippen LogP contribution in [-0.4, -0.2) is 51.9 Å². The van der Waals surface area contributed by atoms with Gasteiger partial charge in [0.2, 0.25) is 0 Å². The van der Waals surface area contributed by atoms with E-state index >= 15 is 0 Å². The van der Waals surface area contributed by atoms with E-state index in [0.29, 0.717) is 24.6 Å². The Bertz CT molecular complexity index is 889. The van der Waals surface area contributed by atoms with Crippen LogP contribution in [0.15, 0.2) is 34.3 Å². The summed E-state index contributed by atoms with van der Waals surface area (Å²) < 4.78 is 0. The number of nitrogens with zero attached hydrogens (tertiary/aromatic N) is 2. The molecule has 2 rings (SSSR count). The van der Waals surface area contributed by atoms with Crippen molar-refractivity contribution in [1.29, 1.82) is 0 Å². The molecular formula is C24H36N2O2Si2. The third-order valence-electron chi connectivity index (χ3n) is 5.21. The van der Waals surface area contributed by atoms with Crippen LogP contribution in [0.1, 0.15) is 22.3 Å². The Morgan fingerprint density at radius 2 is 1.00 bits per heavy atom.